The number of nitrogens with zero attached hydrogens (tertiary/aromatic N) is 2. The Hall–Kier alpha value is -2.24. The molecule has 6 nitrogen and oxygen atoms in total. The van der Waals surface area contributed by atoms with E-state index in [1.54, 1.807) is 26.0 Å². The Balaban J connectivity index is 2.55. The number of para-hydroxylation sites is 1. The van der Waals surface area contributed by atoms with Gasteiger partial charge in [0, 0.05) is 34.2 Å². The molecule has 3 amide bonds. The van der Waals surface area contributed by atoms with Gasteiger partial charge in [-0.3, -0.25) is 4.79 Å². The number of likely N-dealkylation sites (N-methyl/N-ethyl adjacent to an activating group) is 1. The van der Waals surface area contributed by atoms with E-state index in [4.69, 9.17) is 4.74 Å². The highest BCUT2D eigenvalue weighted by atomic mass is 16.5. The van der Waals surface area contributed by atoms with Crippen LogP contribution in [0.5, 0.6) is 5.75 Å². The van der Waals surface area contributed by atoms with Crippen molar-refractivity contribution in [1.29, 1.82) is 0 Å². The lowest BCUT2D eigenvalue weighted by Crippen LogP contribution is -2.44. The molecule has 0 aromatic heterocycles. The van der Waals surface area contributed by atoms with E-state index in [1.807, 2.05) is 38.1 Å². The van der Waals surface area contributed by atoms with Gasteiger partial charge in [-0.2, -0.15) is 0 Å². The molecule has 0 radical (unpaired) electrons. The fraction of sp³-hybridized carbons (Fsp3) is 0.529. The van der Waals surface area contributed by atoms with Crippen molar-refractivity contribution in [3.8, 4) is 5.75 Å². The number of aryl methyl sites for hydroxylation is 1. The molecule has 0 fully saturated rings. The predicted octanol–water partition coefficient (Wildman–Crippen LogP) is 1.88. The minimum atomic E-state index is -0.523. The van der Waals surface area contributed by atoms with Gasteiger partial charge < -0.3 is 19.9 Å². The molecule has 0 aliphatic rings. The fourth-order valence-electron chi connectivity index (χ4n) is 1.99. The van der Waals surface area contributed by atoms with E-state index in [-0.39, 0.29) is 11.9 Å². The number of nitrogens with one attached hydrogen (secondary N) is 1. The maximum absolute atomic E-state index is 12.5. The molecule has 0 aliphatic carbocycles. The quantitative estimate of drug-likeness (QED) is 0.834. The van der Waals surface area contributed by atoms with E-state index in [2.05, 4.69) is 5.32 Å². The Labute approximate surface area is 138 Å². The van der Waals surface area contributed by atoms with Gasteiger partial charge >= 0.3 is 6.03 Å². The molecule has 1 N–H and O–H groups in total. The summed E-state index contributed by atoms with van der Waals surface area (Å²) in [6, 6.07) is 7.47. The largest absolute Gasteiger partial charge is 0.480 e. The molecule has 0 unspecified atom stereocenters. The van der Waals surface area contributed by atoms with E-state index in [0.29, 0.717) is 19.5 Å². The van der Waals surface area contributed by atoms with Gasteiger partial charge in [0.15, 0.2) is 6.10 Å². The molecule has 1 atom stereocenters. The van der Waals surface area contributed by atoms with Gasteiger partial charge in [-0.15, -0.1) is 0 Å². The van der Waals surface area contributed by atoms with Gasteiger partial charge in [-0.25, -0.2) is 4.79 Å². The highest BCUT2D eigenvalue weighted by molar-refractivity contribution is 5.81. The summed E-state index contributed by atoms with van der Waals surface area (Å²) in [6.07, 6.45) is 0.0623. The van der Waals surface area contributed by atoms with Gasteiger partial charge in [0.05, 0.1) is 0 Å². The average molecular weight is 321 g/mol. The maximum atomic E-state index is 12.5. The minimum Gasteiger partial charge on any atom is -0.480 e. The van der Waals surface area contributed by atoms with Crippen molar-refractivity contribution >= 4 is 11.9 Å². The van der Waals surface area contributed by atoms with Crippen LogP contribution in [0.3, 0.4) is 0 Å². The Kier molecular flexibility index (Phi) is 7.38. The Morgan fingerprint density at radius 1 is 1.22 bits per heavy atom. The van der Waals surface area contributed by atoms with Crippen molar-refractivity contribution < 1.29 is 14.3 Å². The van der Waals surface area contributed by atoms with Crippen molar-refractivity contribution in [3.63, 3.8) is 0 Å². The van der Waals surface area contributed by atoms with Crippen molar-refractivity contribution in [1.82, 2.24) is 15.1 Å². The molecular formula is C17H27N3O3. The van der Waals surface area contributed by atoms with Crippen LogP contribution in [0, 0.1) is 6.92 Å². The van der Waals surface area contributed by atoms with Crippen molar-refractivity contribution in [2.45, 2.75) is 26.4 Å². The van der Waals surface area contributed by atoms with E-state index < -0.39 is 6.10 Å². The minimum absolute atomic E-state index is 0.0881. The summed E-state index contributed by atoms with van der Waals surface area (Å²) in [7, 11) is 5.06. The molecule has 0 aliphatic heterocycles. The van der Waals surface area contributed by atoms with Crippen LogP contribution < -0.4 is 10.1 Å². The van der Waals surface area contributed by atoms with Crippen LogP contribution >= 0.6 is 0 Å². The molecule has 128 valence electrons. The van der Waals surface area contributed by atoms with Gasteiger partial charge in [-0.05, 0) is 25.0 Å². The van der Waals surface area contributed by atoms with Crippen molar-refractivity contribution in [3.05, 3.63) is 29.8 Å². The molecule has 0 heterocycles. The van der Waals surface area contributed by atoms with Crippen LogP contribution in [0.15, 0.2) is 24.3 Å². The summed E-state index contributed by atoms with van der Waals surface area (Å²) in [5.74, 6) is 0.636. The second-order valence-corrected chi connectivity index (χ2v) is 5.67. The van der Waals surface area contributed by atoms with Crippen LogP contribution in [0.1, 0.15) is 18.9 Å². The molecule has 1 aromatic rings. The predicted molar refractivity (Wildman–Crippen MR) is 90.6 cm³/mol. The Morgan fingerprint density at radius 3 is 2.43 bits per heavy atom. The first kappa shape index (κ1) is 18.8. The number of ether oxygens (including phenoxy) is 1. The molecule has 23 heavy (non-hydrogen) atoms. The zero-order chi connectivity index (χ0) is 17.4. The number of hydrogen-bond acceptors (Lipinski definition) is 3. The summed E-state index contributed by atoms with van der Waals surface area (Å²) in [4.78, 5) is 27.0. The molecule has 0 saturated carbocycles. The van der Waals surface area contributed by atoms with Crippen LogP contribution in [-0.2, 0) is 4.79 Å². The van der Waals surface area contributed by atoms with Crippen molar-refractivity contribution in [2.24, 2.45) is 0 Å². The SMILES string of the molecule is CC[C@H](Oc1ccccc1C)C(=O)N(C)CCNC(=O)N(C)C. The lowest BCUT2D eigenvalue weighted by Gasteiger charge is -2.24. The number of amides is 3. The Morgan fingerprint density at radius 2 is 1.87 bits per heavy atom. The lowest BCUT2D eigenvalue weighted by atomic mass is 10.2. The number of benzene rings is 1. The van der Waals surface area contributed by atoms with E-state index in [9.17, 15) is 9.59 Å². The normalized spacial score (nSPS) is 11.5. The third kappa shape index (κ3) is 5.81. The first-order chi connectivity index (χ1) is 10.9. The second-order valence-electron chi connectivity index (χ2n) is 5.67. The average Bonchev–Trinajstić information content (AvgIpc) is 2.53. The van der Waals surface area contributed by atoms with Gasteiger partial charge in [0.2, 0.25) is 0 Å². The summed E-state index contributed by atoms with van der Waals surface area (Å²) in [5, 5.41) is 2.74. The van der Waals surface area contributed by atoms with E-state index in [1.165, 1.54) is 4.90 Å². The number of hydrogen-bond donors (Lipinski definition) is 1. The summed E-state index contributed by atoms with van der Waals surface area (Å²) in [5.41, 5.74) is 1.000. The number of urea groups is 1. The first-order valence-corrected chi connectivity index (χ1v) is 7.79. The van der Waals surface area contributed by atoms with Gasteiger partial charge in [0.1, 0.15) is 5.75 Å². The summed E-state index contributed by atoms with van der Waals surface area (Å²) >= 11 is 0. The fourth-order valence-corrected chi connectivity index (χ4v) is 1.99. The lowest BCUT2D eigenvalue weighted by molar-refractivity contribution is -0.137. The third-order valence-electron chi connectivity index (χ3n) is 3.51. The molecule has 0 spiro atoms. The molecule has 0 bridgehead atoms. The van der Waals surface area contributed by atoms with Gasteiger partial charge in [0.25, 0.3) is 5.91 Å². The smallest absolute Gasteiger partial charge is 0.316 e. The van der Waals surface area contributed by atoms with Crippen LogP contribution in [0.2, 0.25) is 0 Å². The number of carbonyl (C=O) groups is 2. The van der Waals surface area contributed by atoms with Crippen LogP contribution in [0.25, 0.3) is 0 Å². The van der Waals surface area contributed by atoms with E-state index >= 15 is 0 Å². The molecular weight excluding hydrogens is 294 g/mol. The summed E-state index contributed by atoms with van der Waals surface area (Å²) in [6.45, 7) is 4.71. The number of carbonyl (C=O) groups excluding carboxylic acids is 2. The zero-order valence-corrected chi connectivity index (χ0v) is 14.6. The molecule has 0 saturated heterocycles. The highest BCUT2D eigenvalue weighted by Gasteiger charge is 2.22. The molecule has 6 heteroatoms. The maximum Gasteiger partial charge on any atom is 0.316 e. The monoisotopic (exact) mass is 321 g/mol. The highest BCUT2D eigenvalue weighted by Crippen LogP contribution is 2.19. The molecule has 1 rings (SSSR count). The summed E-state index contributed by atoms with van der Waals surface area (Å²) < 4.78 is 5.86. The van der Waals surface area contributed by atoms with Gasteiger partial charge in [-0.1, -0.05) is 25.1 Å². The second kappa shape index (κ2) is 9.02. The standard InChI is InChI=1S/C17H27N3O3/c1-6-14(23-15-10-8-7-9-13(15)2)16(21)20(5)12-11-18-17(22)19(3)4/h7-10,14H,6,11-12H2,1-5H3,(H,18,22)/t14-/m0/s1. The number of rotatable bonds is 7. The van der Waals surface area contributed by atoms with Crippen LogP contribution in [-0.4, -0.2) is 62.1 Å². The first-order valence-electron chi connectivity index (χ1n) is 7.79. The van der Waals surface area contributed by atoms with Crippen LogP contribution in [0.4, 0.5) is 4.79 Å². The van der Waals surface area contributed by atoms with E-state index in [0.717, 1.165) is 11.3 Å². The topological polar surface area (TPSA) is 61.9 Å². The van der Waals surface area contributed by atoms with Crippen molar-refractivity contribution in [2.75, 3.05) is 34.2 Å². The zero-order valence-electron chi connectivity index (χ0n) is 14.6. The third-order valence-corrected chi connectivity index (χ3v) is 3.51. The Bertz CT molecular complexity index is 532. The molecule has 1 aromatic carbocycles.